The molecule has 7 heteroatoms. The molecule has 0 aliphatic heterocycles. The van der Waals surface area contributed by atoms with Crippen molar-refractivity contribution in [1.29, 1.82) is 0 Å². The molecule has 0 saturated heterocycles. The molecular weight excluding hydrogens is 262 g/mol. The number of urea groups is 1. The molecule has 2 amide bonds. The van der Waals surface area contributed by atoms with E-state index >= 15 is 0 Å². The van der Waals surface area contributed by atoms with Crippen molar-refractivity contribution in [2.24, 2.45) is 5.92 Å². The Labute approximate surface area is 116 Å². The van der Waals surface area contributed by atoms with Gasteiger partial charge < -0.3 is 20.3 Å². The highest BCUT2D eigenvalue weighted by atomic mass is 16.5. The molecular formula is C13H19N3O4. The third-order valence-corrected chi connectivity index (χ3v) is 3.57. The first-order valence-electron chi connectivity index (χ1n) is 6.83. The molecule has 2 atom stereocenters. The van der Waals surface area contributed by atoms with Gasteiger partial charge in [0.15, 0.2) is 0 Å². The molecule has 2 rings (SSSR count). The Kier molecular flexibility index (Phi) is 4.97. The number of aromatic nitrogens is 1. The Bertz CT molecular complexity index is 446. The first-order valence-corrected chi connectivity index (χ1v) is 6.83. The summed E-state index contributed by atoms with van der Waals surface area (Å²) in [5.74, 6) is -1.34. The minimum absolute atomic E-state index is 0.257. The van der Waals surface area contributed by atoms with Gasteiger partial charge in [0, 0.05) is 12.1 Å². The van der Waals surface area contributed by atoms with E-state index in [1.807, 2.05) is 0 Å². The topological polar surface area (TPSA) is 104 Å². The van der Waals surface area contributed by atoms with Gasteiger partial charge in [-0.05, 0) is 12.8 Å². The molecule has 110 valence electrons. The quantitative estimate of drug-likeness (QED) is 0.725. The summed E-state index contributed by atoms with van der Waals surface area (Å²) in [4.78, 5) is 23.1. The van der Waals surface area contributed by atoms with Crippen LogP contribution in [0.4, 0.5) is 4.79 Å². The second-order valence-corrected chi connectivity index (χ2v) is 5.01. The van der Waals surface area contributed by atoms with Crippen LogP contribution in [0.3, 0.4) is 0 Å². The zero-order valence-electron chi connectivity index (χ0n) is 11.2. The molecule has 1 aromatic rings. The monoisotopic (exact) mass is 281 g/mol. The highest BCUT2D eigenvalue weighted by Gasteiger charge is 2.30. The maximum Gasteiger partial charge on any atom is 0.315 e. The van der Waals surface area contributed by atoms with Crippen molar-refractivity contribution in [1.82, 2.24) is 15.8 Å². The Morgan fingerprint density at radius 3 is 2.85 bits per heavy atom. The van der Waals surface area contributed by atoms with E-state index in [0.717, 1.165) is 19.3 Å². The Morgan fingerprint density at radius 1 is 1.35 bits per heavy atom. The first kappa shape index (κ1) is 14.4. The van der Waals surface area contributed by atoms with Crippen molar-refractivity contribution in [3.05, 3.63) is 18.0 Å². The van der Waals surface area contributed by atoms with Crippen LogP contribution in [0, 0.1) is 5.92 Å². The summed E-state index contributed by atoms with van der Waals surface area (Å²) < 4.78 is 4.66. The molecule has 0 bridgehead atoms. The third-order valence-electron chi connectivity index (χ3n) is 3.57. The number of carbonyl (C=O) groups is 2. The molecule has 3 N–H and O–H groups in total. The van der Waals surface area contributed by atoms with E-state index in [2.05, 4.69) is 20.3 Å². The van der Waals surface area contributed by atoms with Crippen molar-refractivity contribution in [2.45, 2.75) is 44.7 Å². The summed E-state index contributed by atoms with van der Waals surface area (Å²) in [6, 6.07) is 0.977. The molecule has 1 fully saturated rings. The summed E-state index contributed by atoms with van der Waals surface area (Å²) in [6.07, 6.45) is 5.61. The molecule has 1 saturated carbocycles. The van der Waals surface area contributed by atoms with Gasteiger partial charge in [0.05, 0.1) is 12.5 Å². The summed E-state index contributed by atoms with van der Waals surface area (Å²) in [5.41, 5.74) is 0.621. The summed E-state index contributed by atoms with van der Waals surface area (Å²) in [5, 5.41) is 18.3. The zero-order valence-corrected chi connectivity index (χ0v) is 11.2. The minimum Gasteiger partial charge on any atom is -0.481 e. The van der Waals surface area contributed by atoms with E-state index in [4.69, 9.17) is 0 Å². The van der Waals surface area contributed by atoms with E-state index < -0.39 is 11.9 Å². The van der Waals surface area contributed by atoms with Gasteiger partial charge in [-0.1, -0.05) is 24.4 Å². The van der Waals surface area contributed by atoms with E-state index in [-0.39, 0.29) is 18.6 Å². The lowest BCUT2D eigenvalue weighted by atomic mass is 9.95. The van der Waals surface area contributed by atoms with Crippen LogP contribution in [0.5, 0.6) is 0 Å². The van der Waals surface area contributed by atoms with Crippen LogP contribution in [-0.4, -0.2) is 28.3 Å². The van der Waals surface area contributed by atoms with Gasteiger partial charge >= 0.3 is 12.0 Å². The van der Waals surface area contributed by atoms with Crippen molar-refractivity contribution in [3.63, 3.8) is 0 Å². The predicted molar refractivity (Wildman–Crippen MR) is 69.9 cm³/mol. The Hall–Kier alpha value is -2.05. The maximum absolute atomic E-state index is 11.8. The number of rotatable bonds is 4. The summed E-state index contributed by atoms with van der Waals surface area (Å²) in [6.45, 7) is 0.257. The average molecular weight is 281 g/mol. The number of carboxylic acids is 1. The van der Waals surface area contributed by atoms with Crippen LogP contribution in [0.1, 0.15) is 37.8 Å². The lowest BCUT2D eigenvalue weighted by Crippen LogP contribution is -2.47. The van der Waals surface area contributed by atoms with Crippen LogP contribution in [0.25, 0.3) is 0 Å². The molecule has 0 radical (unpaired) electrons. The van der Waals surface area contributed by atoms with Crippen LogP contribution in [0.2, 0.25) is 0 Å². The largest absolute Gasteiger partial charge is 0.481 e. The fourth-order valence-electron chi connectivity index (χ4n) is 2.49. The summed E-state index contributed by atoms with van der Waals surface area (Å²) >= 11 is 0. The zero-order chi connectivity index (χ0) is 14.4. The Balaban J connectivity index is 1.85. The second kappa shape index (κ2) is 6.93. The minimum atomic E-state index is -0.839. The fourth-order valence-corrected chi connectivity index (χ4v) is 2.49. The van der Waals surface area contributed by atoms with Crippen molar-refractivity contribution < 1.29 is 19.2 Å². The number of hydrogen-bond acceptors (Lipinski definition) is 4. The van der Waals surface area contributed by atoms with Gasteiger partial charge in [-0.15, -0.1) is 0 Å². The number of nitrogens with zero attached hydrogens (tertiary/aromatic N) is 1. The fraction of sp³-hybridized carbons (Fsp3) is 0.615. The van der Waals surface area contributed by atoms with Gasteiger partial charge in [-0.25, -0.2) is 4.79 Å². The average Bonchev–Trinajstić information content (AvgIpc) is 2.82. The highest BCUT2D eigenvalue weighted by molar-refractivity contribution is 5.76. The smallest absolute Gasteiger partial charge is 0.315 e. The molecule has 20 heavy (non-hydrogen) atoms. The van der Waals surface area contributed by atoms with Crippen molar-refractivity contribution >= 4 is 12.0 Å². The number of aliphatic carboxylic acids is 1. The molecule has 1 aliphatic rings. The molecule has 1 heterocycles. The van der Waals surface area contributed by atoms with Gasteiger partial charge in [0.25, 0.3) is 0 Å². The van der Waals surface area contributed by atoms with E-state index in [9.17, 15) is 14.7 Å². The third kappa shape index (κ3) is 3.97. The molecule has 0 spiro atoms. The number of carbonyl (C=O) groups excluding carboxylic acids is 1. The number of hydrogen-bond donors (Lipinski definition) is 3. The number of nitrogens with one attached hydrogen (secondary N) is 2. The molecule has 1 aromatic heterocycles. The predicted octanol–water partition coefficient (Wildman–Crippen LogP) is 1.51. The van der Waals surface area contributed by atoms with E-state index in [0.29, 0.717) is 18.5 Å². The molecule has 2 unspecified atom stereocenters. The van der Waals surface area contributed by atoms with Crippen LogP contribution in [-0.2, 0) is 11.3 Å². The molecule has 0 aromatic carbocycles. The normalized spacial score (nSPS) is 22.8. The standard InChI is InChI=1S/C13H19N3O4/c17-12(18)10-4-2-1-3-5-11(10)15-13(19)14-8-9-6-7-20-16-9/h6-7,10-11H,1-5,8H2,(H,17,18)(H2,14,15,19). The molecule has 1 aliphatic carbocycles. The van der Waals surface area contributed by atoms with Gasteiger partial charge in [-0.3, -0.25) is 4.79 Å². The lowest BCUT2D eigenvalue weighted by molar-refractivity contribution is -0.142. The SMILES string of the molecule is O=C(NCc1ccon1)NC1CCCCCC1C(=O)O. The number of carboxylic acid groups (broad SMARTS) is 1. The van der Waals surface area contributed by atoms with Crippen LogP contribution >= 0.6 is 0 Å². The van der Waals surface area contributed by atoms with Crippen LogP contribution < -0.4 is 10.6 Å². The van der Waals surface area contributed by atoms with E-state index in [1.54, 1.807) is 6.07 Å². The first-order chi connectivity index (χ1) is 9.66. The summed E-state index contributed by atoms with van der Waals surface area (Å²) in [7, 11) is 0. The second-order valence-electron chi connectivity index (χ2n) is 5.01. The lowest BCUT2D eigenvalue weighted by Gasteiger charge is -2.22. The van der Waals surface area contributed by atoms with Gasteiger partial charge in [0.2, 0.25) is 0 Å². The van der Waals surface area contributed by atoms with E-state index in [1.165, 1.54) is 6.26 Å². The van der Waals surface area contributed by atoms with Gasteiger partial charge in [0.1, 0.15) is 12.0 Å². The Morgan fingerprint density at radius 2 is 2.15 bits per heavy atom. The van der Waals surface area contributed by atoms with Crippen molar-refractivity contribution in [3.8, 4) is 0 Å². The van der Waals surface area contributed by atoms with Gasteiger partial charge in [-0.2, -0.15) is 0 Å². The van der Waals surface area contributed by atoms with Crippen LogP contribution in [0.15, 0.2) is 16.9 Å². The number of amides is 2. The van der Waals surface area contributed by atoms with Crippen molar-refractivity contribution in [2.75, 3.05) is 0 Å². The molecule has 7 nitrogen and oxygen atoms in total. The maximum atomic E-state index is 11.8. The highest BCUT2D eigenvalue weighted by Crippen LogP contribution is 2.23.